The molecule has 2 aromatic rings. The maximum absolute atomic E-state index is 5.74. The number of ether oxygens (including phenoxy) is 2. The van der Waals surface area contributed by atoms with Crippen molar-refractivity contribution in [2.45, 2.75) is 19.4 Å². The van der Waals surface area contributed by atoms with E-state index in [2.05, 4.69) is 29.2 Å². The molecule has 2 aromatic carbocycles. The first-order chi connectivity index (χ1) is 11.2. The number of hydrogen-bond donors (Lipinski definition) is 1. The number of methoxy groups -OCH3 is 2. The lowest BCUT2D eigenvalue weighted by molar-refractivity contribution is 0.255. The van der Waals surface area contributed by atoms with Crippen LogP contribution >= 0.6 is 0 Å². The summed E-state index contributed by atoms with van der Waals surface area (Å²) in [5.74, 6) is 1.63. The molecule has 0 saturated heterocycles. The van der Waals surface area contributed by atoms with Gasteiger partial charge in [0.2, 0.25) is 0 Å². The van der Waals surface area contributed by atoms with Crippen LogP contribution in [0.2, 0.25) is 0 Å². The van der Waals surface area contributed by atoms with Gasteiger partial charge in [-0.25, -0.2) is 0 Å². The van der Waals surface area contributed by atoms with E-state index in [9.17, 15) is 0 Å². The number of benzene rings is 2. The Morgan fingerprint density at radius 1 is 1.00 bits per heavy atom. The van der Waals surface area contributed by atoms with Crippen molar-refractivity contribution in [1.29, 1.82) is 0 Å². The average molecular weight is 312 g/mol. The molecule has 1 heterocycles. The topological polar surface area (TPSA) is 47.7 Å². The summed E-state index contributed by atoms with van der Waals surface area (Å²) < 4.78 is 10.8. The minimum Gasteiger partial charge on any atom is -0.493 e. The third kappa shape index (κ3) is 3.59. The zero-order chi connectivity index (χ0) is 16.2. The van der Waals surface area contributed by atoms with Crippen LogP contribution in [0.4, 0.5) is 5.69 Å². The highest BCUT2D eigenvalue weighted by molar-refractivity contribution is 5.48. The zero-order valence-electron chi connectivity index (χ0n) is 13.8. The Hall–Kier alpha value is -2.20. The second kappa shape index (κ2) is 6.92. The molecule has 4 nitrogen and oxygen atoms in total. The number of fused-ring (bicyclic) bond motifs is 1. The first-order valence-electron chi connectivity index (χ1n) is 8.00. The Kier molecular flexibility index (Phi) is 4.72. The van der Waals surface area contributed by atoms with E-state index >= 15 is 0 Å². The molecule has 0 unspecified atom stereocenters. The fourth-order valence-electron chi connectivity index (χ4n) is 3.10. The molecular formula is C19H24N2O2. The van der Waals surface area contributed by atoms with E-state index in [1.165, 1.54) is 16.7 Å². The molecule has 0 saturated carbocycles. The first kappa shape index (κ1) is 15.7. The molecule has 2 N–H and O–H groups in total. The quantitative estimate of drug-likeness (QED) is 0.863. The van der Waals surface area contributed by atoms with E-state index in [0.717, 1.165) is 49.7 Å². The predicted molar refractivity (Wildman–Crippen MR) is 93.1 cm³/mol. The highest BCUT2D eigenvalue weighted by atomic mass is 16.5. The smallest absolute Gasteiger partial charge is 0.161 e. The van der Waals surface area contributed by atoms with Gasteiger partial charge in [0.15, 0.2) is 11.5 Å². The molecule has 23 heavy (non-hydrogen) atoms. The van der Waals surface area contributed by atoms with Gasteiger partial charge in [0.25, 0.3) is 0 Å². The van der Waals surface area contributed by atoms with Gasteiger partial charge < -0.3 is 15.2 Å². The fourth-order valence-corrected chi connectivity index (χ4v) is 3.10. The highest BCUT2D eigenvalue weighted by Gasteiger charge is 2.19. The first-order valence-corrected chi connectivity index (χ1v) is 8.00. The molecule has 0 spiro atoms. The monoisotopic (exact) mass is 312 g/mol. The number of nitrogens with two attached hydrogens (primary N) is 1. The van der Waals surface area contributed by atoms with Crippen molar-refractivity contribution in [3.63, 3.8) is 0 Å². The van der Waals surface area contributed by atoms with Gasteiger partial charge >= 0.3 is 0 Å². The molecule has 1 aliphatic rings. The van der Waals surface area contributed by atoms with Gasteiger partial charge in [-0.2, -0.15) is 0 Å². The summed E-state index contributed by atoms with van der Waals surface area (Å²) in [5.41, 5.74) is 10.6. The molecule has 4 heteroatoms. The summed E-state index contributed by atoms with van der Waals surface area (Å²) in [5, 5.41) is 0. The summed E-state index contributed by atoms with van der Waals surface area (Å²) in [7, 11) is 3.37. The van der Waals surface area contributed by atoms with Crippen molar-refractivity contribution in [3.8, 4) is 11.5 Å². The van der Waals surface area contributed by atoms with Crippen LogP contribution in [0.1, 0.15) is 16.7 Å². The Morgan fingerprint density at radius 3 is 2.30 bits per heavy atom. The lowest BCUT2D eigenvalue weighted by Gasteiger charge is -2.29. The van der Waals surface area contributed by atoms with Crippen LogP contribution < -0.4 is 15.2 Å². The van der Waals surface area contributed by atoms with Gasteiger partial charge in [-0.1, -0.05) is 12.1 Å². The van der Waals surface area contributed by atoms with Crippen LogP contribution in [-0.4, -0.2) is 32.2 Å². The van der Waals surface area contributed by atoms with Crippen molar-refractivity contribution in [2.24, 2.45) is 0 Å². The number of nitrogen functional groups attached to an aromatic ring is 1. The van der Waals surface area contributed by atoms with Crippen LogP contribution in [0.25, 0.3) is 0 Å². The van der Waals surface area contributed by atoms with E-state index < -0.39 is 0 Å². The SMILES string of the molecule is COc1cc2c(cc1OC)CN(CCc1ccc(N)cc1)CC2. The number of hydrogen-bond acceptors (Lipinski definition) is 4. The van der Waals surface area contributed by atoms with E-state index in [0.29, 0.717) is 0 Å². The van der Waals surface area contributed by atoms with Gasteiger partial charge in [0.1, 0.15) is 0 Å². The van der Waals surface area contributed by atoms with Crippen molar-refractivity contribution in [2.75, 3.05) is 33.0 Å². The molecule has 122 valence electrons. The Morgan fingerprint density at radius 2 is 1.65 bits per heavy atom. The maximum Gasteiger partial charge on any atom is 0.161 e. The molecule has 0 aromatic heterocycles. The Bertz CT molecular complexity index is 668. The lowest BCUT2D eigenvalue weighted by atomic mass is 9.98. The van der Waals surface area contributed by atoms with E-state index in [-0.39, 0.29) is 0 Å². The number of anilines is 1. The third-order valence-electron chi connectivity index (χ3n) is 4.49. The maximum atomic E-state index is 5.74. The minimum atomic E-state index is 0.812. The summed E-state index contributed by atoms with van der Waals surface area (Å²) >= 11 is 0. The molecule has 0 aliphatic carbocycles. The number of nitrogens with zero attached hydrogens (tertiary/aromatic N) is 1. The van der Waals surface area contributed by atoms with Gasteiger partial charge in [-0.3, -0.25) is 4.90 Å². The summed E-state index contributed by atoms with van der Waals surface area (Å²) in [6.07, 6.45) is 2.10. The standard InChI is InChI=1S/C19H24N2O2/c1-22-18-11-15-8-10-21(13-16(15)12-19(18)23-2)9-7-14-3-5-17(20)6-4-14/h3-6,11-12H,7-10,13,20H2,1-2H3. The van der Waals surface area contributed by atoms with Gasteiger partial charge in [-0.15, -0.1) is 0 Å². The van der Waals surface area contributed by atoms with Crippen LogP contribution in [0, 0.1) is 0 Å². The van der Waals surface area contributed by atoms with Gasteiger partial charge in [-0.05, 0) is 53.8 Å². The molecule has 0 bridgehead atoms. The van der Waals surface area contributed by atoms with E-state index in [1.807, 2.05) is 12.1 Å². The lowest BCUT2D eigenvalue weighted by Crippen LogP contribution is -2.32. The Balaban J connectivity index is 1.66. The van der Waals surface area contributed by atoms with Crippen LogP contribution in [-0.2, 0) is 19.4 Å². The van der Waals surface area contributed by atoms with Gasteiger partial charge in [0, 0.05) is 25.3 Å². The highest BCUT2D eigenvalue weighted by Crippen LogP contribution is 2.33. The predicted octanol–water partition coefficient (Wildman–Crippen LogP) is 2.89. The summed E-state index contributed by atoms with van der Waals surface area (Å²) in [6, 6.07) is 12.4. The van der Waals surface area contributed by atoms with Crippen LogP contribution in [0.15, 0.2) is 36.4 Å². The number of rotatable bonds is 5. The molecule has 0 amide bonds. The van der Waals surface area contributed by atoms with Crippen LogP contribution in [0.3, 0.4) is 0 Å². The van der Waals surface area contributed by atoms with Crippen LogP contribution in [0.5, 0.6) is 11.5 Å². The second-order valence-electron chi connectivity index (χ2n) is 5.99. The molecule has 0 fully saturated rings. The van der Waals surface area contributed by atoms with Crippen molar-refractivity contribution in [3.05, 3.63) is 53.1 Å². The molecule has 1 aliphatic heterocycles. The second-order valence-corrected chi connectivity index (χ2v) is 5.99. The molecular weight excluding hydrogens is 288 g/mol. The van der Waals surface area contributed by atoms with E-state index in [1.54, 1.807) is 14.2 Å². The minimum absolute atomic E-state index is 0.812. The fraction of sp³-hybridized carbons (Fsp3) is 0.368. The molecule has 3 rings (SSSR count). The van der Waals surface area contributed by atoms with Crippen molar-refractivity contribution >= 4 is 5.69 Å². The zero-order valence-corrected chi connectivity index (χ0v) is 13.8. The summed E-state index contributed by atoms with van der Waals surface area (Å²) in [4.78, 5) is 2.49. The normalized spacial score (nSPS) is 14.3. The van der Waals surface area contributed by atoms with Crippen molar-refractivity contribution < 1.29 is 9.47 Å². The molecule has 0 atom stereocenters. The third-order valence-corrected chi connectivity index (χ3v) is 4.49. The molecule has 0 radical (unpaired) electrons. The largest absolute Gasteiger partial charge is 0.493 e. The summed E-state index contributed by atoms with van der Waals surface area (Å²) in [6.45, 7) is 3.10. The average Bonchev–Trinajstić information content (AvgIpc) is 2.59. The van der Waals surface area contributed by atoms with E-state index in [4.69, 9.17) is 15.2 Å². The van der Waals surface area contributed by atoms with Crippen molar-refractivity contribution in [1.82, 2.24) is 4.90 Å². The van der Waals surface area contributed by atoms with Gasteiger partial charge in [0.05, 0.1) is 14.2 Å². The Labute approximate surface area is 137 Å².